The number of aldehydes is 1. The maximum absolute atomic E-state index is 10.4. The highest BCUT2D eigenvalue weighted by molar-refractivity contribution is 5.50. The molecule has 0 aliphatic rings. The van der Waals surface area contributed by atoms with Gasteiger partial charge in [-0.05, 0) is 41.7 Å². The van der Waals surface area contributed by atoms with E-state index in [9.17, 15) is 4.79 Å². The molecule has 0 fully saturated rings. The second-order valence-electron chi connectivity index (χ2n) is 5.74. The van der Waals surface area contributed by atoms with Crippen molar-refractivity contribution < 1.29 is 14.3 Å². The van der Waals surface area contributed by atoms with Crippen LogP contribution < -0.4 is 9.47 Å². The van der Waals surface area contributed by atoms with Gasteiger partial charge >= 0.3 is 0 Å². The lowest BCUT2D eigenvalue weighted by atomic mass is 10.0. The molecule has 0 aromatic heterocycles. The van der Waals surface area contributed by atoms with Crippen LogP contribution in [0.2, 0.25) is 0 Å². The number of carbonyl (C=O) groups is 1. The largest absolute Gasteiger partial charge is 0.490 e. The van der Waals surface area contributed by atoms with E-state index in [4.69, 9.17) is 9.47 Å². The minimum absolute atomic E-state index is 0.436. The lowest BCUT2D eigenvalue weighted by Gasteiger charge is -2.14. The summed E-state index contributed by atoms with van der Waals surface area (Å²) in [5.41, 5.74) is 2.36. The molecule has 122 valence electrons. The van der Waals surface area contributed by atoms with Crippen molar-refractivity contribution in [1.82, 2.24) is 0 Å². The smallest absolute Gasteiger partial charge is 0.122 e. The summed E-state index contributed by atoms with van der Waals surface area (Å²) in [7, 11) is 0. The molecule has 2 rings (SSSR count). The molecule has 3 nitrogen and oxygen atoms in total. The zero-order valence-electron chi connectivity index (χ0n) is 13.8. The zero-order chi connectivity index (χ0) is 16.5. The van der Waals surface area contributed by atoms with Crippen LogP contribution in [0.3, 0.4) is 0 Å². The third kappa shape index (κ3) is 5.44. The number of hydrogen-bond donors (Lipinski definition) is 0. The highest BCUT2D eigenvalue weighted by Gasteiger charge is 2.06. The van der Waals surface area contributed by atoms with Gasteiger partial charge in [0.1, 0.15) is 31.0 Å². The van der Waals surface area contributed by atoms with Gasteiger partial charge in [-0.3, -0.25) is 0 Å². The van der Waals surface area contributed by atoms with Crippen LogP contribution >= 0.6 is 0 Å². The molecule has 0 radical (unpaired) electrons. The fraction of sp³-hybridized carbons (Fsp3) is 0.350. The number of carbonyl (C=O) groups excluding carboxylic acids is 1. The Labute approximate surface area is 138 Å². The molecule has 3 heteroatoms. The SMILES string of the molecule is CC(C)c1ccccc1OCCOc1ccc(CCC=O)cc1. The van der Waals surface area contributed by atoms with Crippen LogP contribution in [-0.2, 0) is 11.2 Å². The third-order valence-corrected chi connectivity index (χ3v) is 3.62. The maximum Gasteiger partial charge on any atom is 0.122 e. The topological polar surface area (TPSA) is 35.5 Å². The normalized spacial score (nSPS) is 10.6. The van der Waals surface area contributed by atoms with E-state index < -0.39 is 0 Å². The van der Waals surface area contributed by atoms with Crippen molar-refractivity contribution in [3.05, 3.63) is 59.7 Å². The molecular weight excluding hydrogens is 288 g/mol. The molecule has 0 aliphatic heterocycles. The molecule has 0 bridgehead atoms. The Bertz CT molecular complexity index is 603. The number of benzene rings is 2. The summed E-state index contributed by atoms with van der Waals surface area (Å²) in [6.07, 6.45) is 2.28. The minimum Gasteiger partial charge on any atom is -0.490 e. The summed E-state index contributed by atoms with van der Waals surface area (Å²) in [4.78, 5) is 10.4. The summed E-state index contributed by atoms with van der Waals surface area (Å²) in [6, 6.07) is 16.0. The van der Waals surface area contributed by atoms with E-state index in [1.54, 1.807) is 0 Å². The molecule has 0 spiro atoms. The summed E-state index contributed by atoms with van der Waals surface area (Å²) in [6.45, 7) is 5.33. The van der Waals surface area contributed by atoms with Crippen molar-refractivity contribution >= 4 is 6.29 Å². The lowest BCUT2D eigenvalue weighted by Crippen LogP contribution is -2.10. The number of aryl methyl sites for hydroxylation is 1. The van der Waals surface area contributed by atoms with Gasteiger partial charge in [0.25, 0.3) is 0 Å². The Morgan fingerprint density at radius 2 is 1.65 bits per heavy atom. The van der Waals surface area contributed by atoms with Gasteiger partial charge in [0, 0.05) is 6.42 Å². The van der Waals surface area contributed by atoms with Crippen LogP contribution in [0.1, 0.15) is 37.3 Å². The molecule has 0 heterocycles. The second kappa shape index (κ2) is 8.99. The molecule has 0 aliphatic carbocycles. The van der Waals surface area contributed by atoms with Crippen molar-refractivity contribution in [3.8, 4) is 11.5 Å². The number of para-hydroxylation sites is 1. The maximum atomic E-state index is 10.4. The fourth-order valence-corrected chi connectivity index (χ4v) is 2.38. The van der Waals surface area contributed by atoms with Crippen LogP contribution in [0.5, 0.6) is 11.5 Å². The monoisotopic (exact) mass is 312 g/mol. The molecule has 2 aromatic carbocycles. The Morgan fingerprint density at radius 1 is 0.957 bits per heavy atom. The molecule has 0 N–H and O–H groups in total. The standard InChI is InChI=1S/C20H24O3/c1-16(2)19-7-3-4-8-20(19)23-15-14-22-18-11-9-17(10-12-18)6-5-13-21/h3-4,7-13,16H,5-6,14-15H2,1-2H3. The van der Waals surface area contributed by atoms with Gasteiger partial charge in [-0.15, -0.1) is 0 Å². The average Bonchev–Trinajstić information content (AvgIpc) is 2.58. The summed E-state index contributed by atoms with van der Waals surface area (Å²) < 4.78 is 11.5. The summed E-state index contributed by atoms with van der Waals surface area (Å²) >= 11 is 0. The van der Waals surface area contributed by atoms with Crippen molar-refractivity contribution in [2.45, 2.75) is 32.6 Å². The van der Waals surface area contributed by atoms with Crippen LogP contribution in [0.25, 0.3) is 0 Å². The van der Waals surface area contributed by atoms with Gasteiger partial charge in [-0.2, -0.15) is 0 Å². The van der Waals surface area contributed by atoms with Crippen molar-refractivity contribution in [1.29, 1.82) is 0 Å². The van der Waals surface area contributed by atoms with Crippen LogP contribution in [0.4, 0.5) is 0 Å². The Kier molecular flexibility index (Phi) is 6.67. The Morgan fingerprint density at radius 3 is 2.35 bits per heavy atom. The molecule has 0 amide bonds. The van der Waals surface area contributed by atoms with Crippen molar-refractivity contribution in [2.24, 2.45) is 0 Å². The van der Waals surface area contributed by atoms with E-state index in [1.807, 2.05) is 42.5 Å². The van der Waals surface area contributed by atoms with E-state index in [-0.39, 0.29) is 0 Å². The lowest BCUT2D eigenvalue weighted by molar-refractivity contribution is -0.107. The van der Waals surface area contributed by atoms with E-state index in [0.29, 0.717) is 25.6 Å². The first-order valence-corrected chi connectivity index (χ1v) is 8.08. The first-order valence-electron chi connectivity index (χ1n) is 8.08. The van der Waals surface area contributed by atoms with Gasteiger partial charge in [-0.1, -0.05) is 44.2 Å². The number of hydrogen-bond acceptors (Lipinski definition) is 3. The summed E-state index contributed by atoms with van der Waals surface area (Å²) in [5, 5.41) is 0. The zero-order valence-corrected chi connectivity index (χ0v) is 13.8. The minimum atomic E-state index is 0.436. The van der Waals surface area contributed by atoms with E-state index in [2.05, 4.69) is 19.9 Å². The van der Waals surface area contributed by atoms with Gasteiger partial charge in [0.2, 0.25) is 0 Å². The van der Waals surface area contributed by atoms with Gasteiger partial charge in [0.15, 0.2) is 0 Å². The molecule has 23 heavy (non-hydrogen) atoms. The molecular formula is C20H24O3. The van der Waals surface area contributed by atoms with Crippen molar-refractivity contribution in [2.75, 3.05) is 13.2 Å². The summed E-state index contributed by atoms with van der Waals surface area (Å²) in [5.74, 6) is 2.18. The Balaban J connectivity index is 1.78. The molecule has 0 saturated carbocycles. The highest BCUT2D eigenvalue weighted by atomic mass is 16.5. The van der Waals surface area contributed by atoms with Gasteiger partial charge in [0.05, 0.1) is 0 Å². The quantitative estimate of drug-likeness (QED) is 0.508. The van der Waals surface area contributed by atoms with Crippen LogP contribution in [-0.4, -0.2) is 19.5 Å². The molecule has 0 atom stereocenters. The first-order chi connectivity index (χ1) is 11.2. The van der Waals surface area contributed by atoms with E-state index in [0.717, 1.165) is 29.8 Å². The predicted octanol–water partition coefficient (Wildman–Crippen LogP) is 4.40. The highest BCUT2D eigenvalue weighted by Crippen LogP contribution is 2.25. The molecule has 2 aromatic rings. The third-order valence-electron chi connectivity index (χ3n) is 3.62. The molecule has 0 unspecified atom stereocenters. The van der Waals surface area contributed by atoms with Gasteiger partial charge < -0.3 is 14.3 Å². The average molecular weight is 312 g/mol. The molecule has 0 saturated heterocycles. The van der Waals surface area contributed by atoms with E-state index in [1.165, 1.54) is 5.56 Å². The van der Waals surface area contributed by atoms with E-state index >= 15 is 0 Å². The predicted molar refractivity (Wildman–Crippen MR) is 92.3 cm³/mol. The van der Waals surface area contributed by atoms with Gasteiger partial charge in [-0.25, -0.2) is 0 Å². The second-order valence-corrected chi connectivity index (χ2v) is 5.74. The fourth-order valence-electron chi connectivity index (χ4n) is 2.38. The van der Waals surface area contributed by atoms with Crippen molar-refractivity contribution in [3.63, 3.8) is 0 Å². The Hall–Kier alpha value is -2.29. The van der Waals surface area contributed by atoms with Crippen LogP contribution in [0.15, 0.2) is 48.5 Å². The number of ether oxygens (including phenoxy) is 2. The number of rotatable bonds is 9. The first kappa shape index (κ1) is 17.1. The van der Waals surface area contributed by atoms with Crippen LogP contribution in [0, 0.1) is 0 Å².